The fraction of sp³-hybridized carbons (Fsp3) is 0.118. The van der Waals surface area contributed by atoms with Crippen molar-refractivity contribution in [2.24, 2.45) is 10.2 Å². The summed E-state index contributed by atoms with van der Waals surface area (Å²) in [6, 6.07) is 35.6. The van der Waals surface area contributed by atoms with Crippen molar-refractivity contribution < 1.29 is 9.59 Å². The first kappa shape index (κ1) is 26.5. The zero-order valence-corrected chi connectivity index (χ0v) is 22.5. The van der Waals surface area contributed by atoms with Gasteiger partial charge in [-0.3, -0.25) is 9.59 Å². The van der Waals surface area contributed by atoms with Crippen molar-refractivity contribution in [1.29, 1.82) is 0 Å². The van der Waals surface area contributed by atoms with Gasteiger partial charge in [-0.05, 0) is 57.6 Å². The summed E-state index contributed by atoms with van der Waals surface area (Å²) in [4.78, 5) is 25.1. The van der Waals surface area contributed by atoms with Crippen LogP contribution in [0.3, 0.4) is 0 Å². The van der Waals surface area contributed by atoms with Gasteiger partial charge in [0.1, 0.15) is 0 Å². The third-order valence-electron chi connectivity index (χ3n) is 6.88. The van der Waals surface area contributed by atoms with E-state index < -0.39 is 0 Å². The van der Waals surface area contributed by atoms with Crippen LogP contribution in [0.15, 0.2) is 119 Å². The molecule has 0 aliphatic rings. The van der Waals surface area contributed by atoms with Gasteiger partial charge in [0.15, 0.2) is 0 Å². The highest BCUT2D eigenvalue weighted by molar-refractivity contribution is 6.03. The van der Waals surface area contributed by atoms with Gasteiger partial charge in [0, 0.05) is 0 Å². The number of hydrogen-bond donors (Lipinski definition) is 2. The lowest BCUT2D eigenvalue weighted by Gasteiger charge is -2.08. The Balaban J connectivity index is 1.17. The molecule has 0 atom stereocenters. The molecule has 0 aliphatic heterocycles. The monoisotopic (exact) mass is 526 g/mol. The number of benzene rings is 5. The van der Waals surface area contributed by atoms with E-state index in [4.69, 9.17) is 0 Å². The molecule has 2 N–H and O–H groups in total. The van der Waals surface area contributed by atoms with Crippen LogP contribution in [0.25, 0.3) is 21.5 Å². The first-order valence-corrected chi connectivity index (χ1v) is 13.2. The summed E-state index contributed by atoms with van der Waals surface area (Å²) < 4.78 is 0. The minimum Gasteiger partial charge on any atom is -0.273 e. The lowest BCUT2D eigenvalue weighted by molar-refractivity contribution is -0.121. The molecule has 5 rings (SSSR count). The van der Waals surface area contributed by atoms with Crippen LogP contribution in [0.4, 0.5) is 0 Å². The Hall–Kier alpha value is -5.10. The summed E-state index contributed by atoms with van der Waals surface area (Å²) in [5.74, 6) is -0.343. The Morgan fingerprint density at radius 1 is 0.525 bits per heavy atom. The van der Waals surface area contributed by atoms with Crippen LogP contribution in [0, 0.1) is 0 Å². The Kier molecular flexibility index (Phi) is 8.07. The summed E-state index contributed by atoms with van der Waals surface area (Å²) in [6.07, 6.45) is 0.498. The third-order valence-corrected chi connectivity index (χ3v) is 6.88. The maximum Gasteiger partial charge on any atom is 0.244 e. The molecule has 0 bridgehead atoms. The van der Waals surface area contributed by atoms with Gasteiger partial charge in [-0.1, -0.05) is 109 Å². The summed E-state index contributed by atoms with van der Waals surface area (Å²) in [5.41, 5.74) is 10.4. The van der Waals surface area contributed by atoms with Gasteiger partial charge < -0.3 is 0 Å². The molecule has 6 nitrogen and oxygen atoms in total. The normalized spacial score (nSPS) is 11.9. The Morgan fingerprint density at radius 2 is 0.900 bits per heavy atom. The smallest absolute Gasteiger partial charge is 0.244 e. The highest BCUT2D eigenvalue weighted by atomic mass is 16.2. The number of nitrogens with zero attached hydrogens (tertiary/aromatic N) is 2. The molecule has 0 unspecified atom stereocenters. The summed E-state index contributed by atoms with van der Waals surface area (Å²) >= 11 is 0. The van der Waals surface area contributed by atoms with Gasteiger partial charge in [-0.2, -0.15) is 10.2 Å². The van der Waals surface area contributed by atoms with Crippen molar-refractivity contribution in [1.82, 2.24) is 10.9 Å². The van der Waals surface area contributed by atoms with Crippen LogP contribution >= 0.6 is 0 Å². The van der Waals surface area contributed by atoms with Crippen molar-refractivity contribution >= 4 is 44.8 Å². The van der Waals surface area contributed by atoms with Crippen molar-refractivity contribution in [3.8, 4) is 0 Å². The predicted octanol–water partition coefficient (Wildman–Crippen LogP) is 6.16. The number of rotatable bonds is 8. The molecule has 5 aromatic rings. The van der Waals surface area contributed by atoms with Crippen molar-refractivity contribution in [3.05, 3.63) is 131 Å². The van der Waals surface area contributed by atoms with E-state index in [-0.39, 0.29) is 24.7 Å². The van der Waals surface area contributed by atoms with Gasteiger partial charge >= 0.3 is 0 Å². The van der Waals surface area contributed by atoms with Crippen LogP contribution in [0.5, 0.6) is 0 Å². The second kappa shape index (κ2) is 12.2. The van der Waals surface area contributed by atoms with E-state index in [9.17, 15) is 9.59 Å². The quantitative estimate of drug-likeness (QED) is 0.188. The van der Waals surface area contributed by atoms with E-state index in [1.54, 1.807) is 0 Å². The molecule has 6 heteroatoms. The van der Waals surface area contributed by atoms with Crippen LogP contribution in [0.2, 0.25) is 0 Å². The van der Waals surface area contributed by atoms with Gasteiger partial charge in [0.05, 0.1) is 24.3 Å². The molecule has 0 spiro atoms. The number of carbonyl (C=O) groups excluding carboxylic acids is 2. The Morgan fingerprint density at radius 3 is 1.32 bits per heavy atom. The third kappa shape index (κ3) is 6.30. The van der Waals surface area contributed by atoms with Gasteiger partial charge in [-0.15, -0.1) is 0 Å². The summed E-state index contributed by atoms with van der Waals surface area (Å²) in [7, 11) is 0. The first-order valence-electron chi connectivity index (χ1n) is 13.2. The Bertz CT molecular complexity index is 1610. The first-order chi connectivity index (χ1) is 19.5. The lowest BCUT2D eigenvalue weighted by atomic mass is 10.0. The molecule has 2 amide bonds. The fourth-order valence-corrected chi connectivity index (χ4v) is 4.69. The standard InChI is InChI=1S/C34H30N4O2/c1-23(35-37-33(39)21-29-13-7-11-27-9-3-5-15-31(27)29)25-17-19-26(20-18-25)24(2)36-38-34(40)22-30-14-8-12-28-10-4-6-16-32(28)30/h3-20H,21-22H2,1-2H3,(H,37,39)(H,38,40)/b35-23-,36-24+. The van der Waals surface area contributed by atoms with E-state index in [2.05, 4.69) is 21.1 Å². The number of amides is 2. The van der Waals surface area contributed by atoms with E-state index in [1.165, 1.54) is 0 Å². The zero-order valence-electron chi connectivity index (χ0n) is 22.5. The molecule has 0 aromatic heterocycles. The Labute approximate surface area is 233 Å². The molecule has 0 fully saturated rings. The number of nitrogens with one attached hydrogen (secondary N) is 2. The van der Waals surface area contributed by atoms with E-state index in [1.807, 2.05) is 123 Å². The SMILES string of the molecule is C/C(=N/NC(=O)Cc1cccc2ccccc12)c1ccc(/C(C)=N/NC(=O)Cc2cccc3ccccc23)cc1. The number of carbonyl (C=O) groups is 2. The maximum absolute atomic E-state index is 12.6. The van der Waals surface area contributed by atoms with Crippen LogP contribution < -0.4 is 10.9 Å². The van der Waals surface area contributed by atoms with Gasteiger partial charge in [0.2, 0.25) is 11.8 Å². The van der Waals surface area contributed by atoms with Crippen molar-refractivity contribution in [2.45, 2.75) is 26.7 Å². The van der Waals surface area contributed by atoms with Crippen LogP contribution in [-0.2, 0) is 22.4 Å². The van der Waals surface area contributed by atoms with Crippen molar-refractivity contribution in [3.63, 3.8) is 0 Å². The zero-order chi connectivity index (χ0) is 27.9. The molecular weight excluding hydrogens is 496 g/mol. The maximum atomic E-state index is 12.6. The molecular formula is C34H30N4O2. The highest BCUT2D eigenvalue weighted by Crippen LogP contribution is 2.20. The number of hydrazone groups is 2. The minimum absolute atomic E-state index is 0.172. The molecule has 40 heavy (non-hydrogen) atoms. The topological polar surface area (TPSA) is 82.9 Å². The van der Waals surface area contributed by atoms with E-state index in [0.29, 0.717) is 11.4 Å². The fourth-order valence-electron chi connectivity index (χ4n) is 4.69. The van der Waals surface area contributed by atoms with Crippen LogP contribution in [0.1, 0.15) is 36.1 Å². The number of fused-ring (bicyclic) bond motifs is 2. The van der Waals surface area contributed by atoms with E-state index >= 15 is 0 Å². The van der Waals surface area contributed by atoms with Crippen molar-refractivity contribution in [2.75, 3.05) is 0 Å². The lowest BCUT2D eigenvalue weighted by Crippen LogP contribution is -2.21. The molecule has 0 saturated heterocycles. The minimum atomic E-state index is -0.172. The second-order valence-corrected chi connectivity index (χ2v) is 9.67. The molecule has 198 valence electrons. The molecule has 0 radical (unpaired) electrons. The predicted molar refractivity (Wildman–Crippen MR) is 162 cm³/mol. The number of hydrogen-bond acceptors (Lipinski definition) is 4. The molecule has 0 heterocycles. The average molecular weight is 527 g/mol. The largest absolute Gasteiger partial charge is 0.273 e. The van der Waals surface area contributed by atoms with E-state index in [0.717, 1.165) is 43.8 Å². The molecule has 5 aromatic carbocycles. The van der Waals surface area contributed by atoms with Crippen LogP contribution in [-0.4, -0.2) is 23.2 Å². The summed E-state index contributed by atoms with van der Waals surface area (Å²) in [5, 5.41) is 12.9. The average Bonchev–Trinajstić information content (AvgIpc) is 2.99. The highest BCUT2D eigenvalue weighted by Gasteiger charge is 2.09. The summed E-state index contributed by atoms with van der Waals surface area (Å²) in [6.45, 7) is 3.70. The van der Waals surface area contributed by atoms with Gasteiger partial charge in [-0.25, -0.2) is 10.9 Å². The molecule has 0 aliphatic carbocycles. The molecule has 0 saturated carbocycles. The van der Waals surface area contributed by atoms with Gasteiger partial charge in [0.25, 0.3) is 0 Å². The second-order valence-electron chi connectivity index (χ2n) is 9.67.